The van der Waals surface area contributed by atoms with Crippen molar-refractivity contribution in [3.8, 4) is 6.07 Å². The summed E-state index contributed by atoms with van der Waals surface area (Å²) in [4.78, 5) is 1.69. The van der Waals surface area contributed by atoms with E-state index in [-0.39, 0.29) is 42.5 Å². The maximum atomic E-state index is 13.2. The Hall–Kier alpha value is -2.58. The first kappa shape index (κ1) is 20.2. The van der Waals surface area contributed by atoms with Crippen LogP contribution < -0.4 is 4.90 Å². The molecule has 1 aromatic heterocycles. The Morgan fingerprint density at radius 3 is 2.32 bits per heavy atom. The van der Waals surface area contributed by atoms with Crippen LogP contribution in [0.5, 0.6) is 0 Å². The van der Waals surface area contributed by atoms with Gasteiger partial charge in [0.1, 0.15) is 10.6 Å². The average Bonchev–Trinajstić information content (AvgIpc) is 2.99. The number of aryl methyl sites for hydroxylation is 2. The minimum Gasteiger partial charge on any atom is -0.369 e. The SMILES string of the molecule is Cc1noc(C)c1S(=O)(=O)N1CCN(c2ccc(C#N)c(C(F)(F)F)c2)CC1. The molecule has 1 aliphatic heterocycles. The van der Waals surface area contributed by atoms with E-state index < -0.39 is 27.3 Å². The highest BCUT2D eigenvalue weighted by molar-refractivity contribution is 7.89. The van der Waals surface area contributed by atoms with Crippen molar-refractivity contribution in [1.82, 2.24) is 9.46 Å². The third-order valence-corrected chi connectivity index (χ3v) is 6.74. The van der Waals surface area contributed by atoms with Gasteiger partial charge in [0.15, 0.2) is 5.76 Å². The van der Waals surface area contributed by atoms with E-state index in [9.17, 15) is 21.6 Å². The van der Waals surface area contributed by atoms with Crippen LogP contribution >= 0.6 is 0 Å². The first-order valence-electron chi connectivity index (χ1n) is 8.35. The number of anilines is 1. The van der Waals surface area contributed by atoms with Gasteiger partial charge in [0.25, 0.3) is 0 Å². The zero-order valence-corrected chi connectivity index (χ0v) is 15.9. The molecule has 0 saturated carbocycles. The summed E-state index contributed by atoms with van der Waals surface area (Å²) in [5, 5.41) is 12.6. The molecule has 7 nitrogen and oxygen atoms in total. The molecular weight excluding hydrogens is 397 g/mol. The van der Waals surface area contributed by atoms with Gasteiger partial charge < -0.3 is 9.42 Å². The molecule has 2 aromatic rings. The lowest BCUT2D eigenvalue weighted by atomic mass is 10.1. The van der Waals surface area contributed by atoms with Gasteiger partial charge in [-0.15, -0.1) is 0 Å². The van der Waals surface area contributed by atoms with Crippen molar-refractivity contribution >= 4 is 15.7 Å². The third-order valence-electron chi connectivity index (χ3n) is 4.60. The van der Waals surface area contributed by atoms with E-state index in [2.05, 4.69) is 5.16 Å². The molecule has 0 aliphatic carbocycles. The molecule has 0 radical (unpaired) electrons. The normalized spacial score (nSPS) is 16.2. The van der Waals surface area contributed by atoms with Gasteiger partial charge in [0.2, 0.25) is 10.0 Å². The maximum Gasteiger partial charge on any atom is 0.417 e. The smallest absolute Gasteiger partial charge is 0.369 e. The Kier molecular flexibility index (Phi) is 5.12. The van der Waals surface area contributed by atoms with Gasteiger partial charge in [-0.1, -0.05) is 5.16 Å². The van der Waals surface area contributed by atoms with Crippen molar-refractivity contribution in [1.29, 1.82) is 5.26 Å². The topological polar surface area (TPSA) is 90.4 Å². The molecule has 0 bridgehead atoms. The molecule has 1 saturated heterocycles. The first-order valence-corrected chi connectivity index (χ1v) is 9.79. The summed E-state index contributed by atoms with van der Waals surface area (Å²) in [6.45, 7) is 3.69. The zero-order chi connectivity index (χ0) is 20.7. The summed E-state index contributed by atoms with van der Waals surface area (Å²) >= 11 is 0. The number of aromatic nitrogens is 1. The van der Waals surface area contributed by atoms with Crippen molar-refractivity contribution in [3.63, 3.8) is 0 Å². The van der Waals surface area contributed by atoms with E-state index >= 15 is 0 Å². The number of halogens is 3. The lowest BCUT2D eigenvalue weighted by Crippen LogP contribution is -2.48. The highest BCUT2D eigenvalue weighted by atomic mass is 32.2. The third kappa shape index (κ3) is 3.57. The summed E-state index contributed by atoms with van der Waals surface area (Å²) in [5.74, 6) is 0.196. The fraction of sp³-hybridized carbons (Fsp3) is 0.412. The number of sulfonamides is 1. The second kappa shape index (κ2) is 7.10. The molecule has 0 amide bonds. The Labute approximate surface area is 160 Å². The van der Waals surface area contributed by atoms with E-state index in [4.69, 9.17) is 9.78 Å². The van der Waals surface area contributed by atoms with Crippen LogP contribution in [0.25, 0.3) is 0 Å². The Bertz CT molecular complexity index is 1010. The second-order valence-corrected chi connectivity index (χ2v) is 8.26. The van der Waals surface area contributed by atoms with E-state index in [1.54, 1.807) is 11.0 Å². The molecule has 1 fully saturated rings. The maximum absolute atomic E-state index is 13.2. The number of benzene rings is 1. The van der Waals surface area contributed by atoms with Gasteiger partial charge >= 0.3 is 6.18 Å². The summed E-state index contributed by atoms with van der Waals surface area (Å²) in [6.07, 6.45) is -4.64. The summed E-state index contributed by atoms with van der Waals surface area (Å²) in [6, 6.07) is 5.04. The van der Waals surface area contributed by atoms with Crippen LogP contribution in [0.2, 0.25) is 0 Å². The Balaban J connectivity index is 1.80. The van der Waals surface area contributed by atoms with Crippen LogP contribution in [0.15, 0.2) is 27.6 Å². The second-order valence-electron chi connectivity index (χ2n) is 6.38. The van der Waals surface area contributed by atoms with Gasteiger partial charge in [-0.3, -0.25) is 0 Å². The van der Waals surface area contributed by atoms with Crippen LogP contribution in [0.4, 0.5) is 18.9 Å². The highest BCUT2D eigenvalue weighted by Crippen LogP contribution is 2.35. The zero-order valence-electron chi connectivity index (χ0n) is 15.1. The number of piperazine rings is 1. The number of rotatable bonds is 3. The van der Waals surface area contributed by atoms with Crippen molar-refractivity contribution < 1.29 is 26.1 Å². The molecule has 0 spiro atoms. The number of hydrogen-bond donors (Lipinski definition) is 0. The van der Waals surface area contributed by atoms with E-state index in [1.807, 2.05) is 0 Å². The van der Waals surface area contributed by atoms with Gasteiger partial charge in [0, 0.05) is 31.9 Å². The first-order chi connectivity index (χ1) is 13.1. The molecule has 0 unspecified atom stereocenters. The van der Waals surface area contributed by atoms with Gasteiger partial charge in [-0.25, -0.2) is 8.42 Å². The number of nitrogens with zero attached hydrogens (tertiary/aromatic N) is 4. The predicted octanol–water partition coefficient (Wildman–Crippen LogP) is 2.69. The molecule has 28 heavy (non-hydrogen) atoms. The average molecular weight is 414 g/mol. The van der Waals surface area contributed by atoms with Crippen LogP contribution in [0.1, 0.15) is 22.6 Å². The number of alkyl halides is 3. The lowest BCUT2D eigenvalue weighted by molar-refractivity contribution is -0.137. The van der Waals surface area contributed by atoms with Crippen molar-refractivity contribution in [2.45, 2.75) is 24.9 Å². The fourth-order valence-electron chi connectivity index (χ4n) is 3.22. The minimum absolute atomic E-state index is 0.0266. The molecule has 0 atom stereocenters. The van der Waals surface area contributed by atoms with Crippen molar-refractivity contribution in [2.24, 2.45) is 0 Å². The Morgan fingerprint density at radius 2 is 1.82 bits per heavy atom. The largest absolute Gasteiger partial charge is 0.417 e. The van der Waals surface area contributed by atoms with Gasteiger partial charge in [0.05, 0.1) is 17.2 Å². The molecule has 1 aromatic carbocycles. The van der Waals surface area contributed by atoms with Crippen LogP contribution in [0.3, 0.4) is 0 Å². The van der Waals surface area contributed by atoms with E-state index in [0.29, 0.717) is 5.69 Å². The fourth-order valence-corrected chi connectivity index (χ4v) is 4.93. The highest BCUT2D eigenvalue weighted by Gasteiger charge is 2.36. The summed E-state index contributed by atoms with van der Waals surface area (Å²) < 4.78 is 71.3. The number of hydrogen-bond acceptors (Lipinski definition) is 6. The van der Waals surface area contributed by atoms with Crippen LogP contribution in [0, 0.1) is 25.2 Å². The Morgan fingerprint density at radius 1 is 1.18 bits per heavy atom. The molecule has 2 heterocycles. The lowest BCUT2D eigenvalue weighted by Gasteiger charge is -2.35. The van der Waals surface area contributed by atoms with Crippen molar-refractivity contribution in [2.75, 3.05) is 31.1 Å². The predicted molar refractivity (Wildman–Crippen MR) is 93.1 cm³/mol. The van der Waals surface area contributed by atoms with Gasteiger partial charge in [-0.2, -0.15) is 22.7 Å². The monoisotopic (exact) mass is 414 g/mol. The summed E-state index contributed by atoms with van der Waals surface area (Å²) in [5.41, 5.74) is -0.892. The van der Waals surface area contributed by atoms with Crippen LogP contribution in [-0.4, -0.2) is 44.1 Å². The van der Waals surface area contributed by atoms with E-state index in [0.717, 1.165) is 12.1 Å². The molecule has 3 rings (SSSR count). The van der Waals surface area contributed by atoms with Crippen LogP contribution in [-0.2, 0) is 16.2 Å². The van der Waals surface area contributed by atoms with Gasteiger partial charge in [-0.05, 0) is 32.0 Å². The van der Waals surface area contributed by atoms with Crippen molar-refractivity contribution in [3.05, 3.63) is 40.8 Å². The molecule has 150 valence electrons. The molecule has 11 heteroatoms. The molecule has 1 aliphatic rings. The van der Waals surface area contributed by atoms with E-state index in [1.165, 1.54) is 24.2 Å². The standard InChI is InChI=1S/C17H17F3N4O3S/c1-11-16(12(2)27-22-11)28(25,26)24-7-5-23(6-8-24)14-4-3-13(10-21)15(9-14)17(18,19)20/h3-4,9H,5-8H2,1-2H3. The molecular formula is C17H17F3N4O3S. The number of nitriles is 1. The summed E-state index contributed by atoms with van der Waals surface area (Å²) in [7, 11) is -3.80. The molecule has 0 N–H and O–H groups in total. The quantitative estimate of drug-likeness (QED) is 0.767. The minimum atomic E-state index is -4.64.